The van der Waals surface area contributed by atoms with Crippen LogP contribution in [0.4, 0.5) is 5.69 Å². The van der Waals surface area contributed by atoms with Crippen molar-refractivity contribution >= 4 is 34.0 Å². The van der Waals surface area contributed by atoms with Gasteiger partial charge in [-0.15, -0.1) is 12.4 Å². The van der Waals surface area contributed by atoms with Crippen LogP contribution in [0.5, 0.6) is 0 Å². The Labute approximate surface area is 138 Å². The topological polar surface area (TPSA) is 101 Å². The van der Waals surface area contributed by atoms with Crippen molar-refractivity contribution in [2.45, 2.75) is 44.0 Å². The molecule has 1 aromatic rings. The third-order valence-corrected chi connectivity index (χ3v) is 4.53. The summed E-state index contributed by atoms with van der Waals surface area (Å²) >= 11 is 0. The molecule has 0 fully saturated rings. The minimum atomic E-state index is -3.59. The van der Waals surface area contributed by atoms with Gasteiger partial charge in [0, 0.05) is 25.2 Å². The number of nitrogens with two attached hydrogens (primary N) is 1. The smallest absolute Gasteiger partial charge is 0.240 e. The van der Waals surface area contributed by atoms with Crippen molar-refractivity contribution in [2.24, 2.45) is 5.73 Å². The van der Waals surface area contributed by atoms with Crippen molar-refractivity contribution < 1.29 is 13.2 Å². The second kappa shape index (κ2) is 9.78. The largest absolute Gasteiger partial charge is 0.329 e. The Balaban J connectivity index is 0.00000441. The van der Waals surface area contributed by atoms with Gasteiger partial charge in [-0.1, -0.05) is 19.8 Å². The summed E-state index contributed by atoms with van der Waals surface area (Å²) in [6.45, 7) is 3.71. The van der Waals surface area contributed by atoms with Crippen LogP contribution in [-0.4, -0.2) is 26.9 Å². The minimum absolute atomic E-state index is 0. The second-order valence-corrected chi connectivity index (χ2v) is 6.62. The van der Waals surface area contributed by atoms with Crippen molar-refractivity contribution in [3.63, 3.8) is 0 Å². The molecular weight excluding hydrogens is 326 g/mol. The summed E-state index contributed by atoms with van der Waals surface area (Å²) in [5.41, 5.74) is 6.16. The number of amides is 1. The number of rotatable bonds is 8. The summed E-state index contributed by atoms with van der Waals surface area (Å²) in [6.07, 6.45) is 2.63. The van der Waals surface area contributed by atoms with Crippen LogP contribution >= 0.6 is 12.4 Å². The number of anilines is 1. The number of sulfonamides is 1. The molecule has 4 N–H and O–H groups in total. The maximum atomic E-state index is 12.2. The Hall–Kier alpha value is -1.15. The van der Waals surface area contributed by atoms with Gasteiger partial charge in [-0.05, 0) is 30.7 Å². The lowest BCUT2D eigenvalue weighted by atomic mass is 10.1. The van der Waals surface area contributed by atoms with E-state index in [1.54, 1.807) is 12.1 Å². The predicted octanol–water partition coefficient (Wildman–Crippen LogP) is 1.86. The van der Waals surface area contributed by atoms with Gasteiger partial charge in [-0.25, -0.2) is 13.1 Å². The molecule has 6 nitrogen and oxygen atoms in total. The molecule has 0 saturated heterocycles. The zero-order chi connectivity index (χ0) is 15.9. The molecule has 126 valence electrons. The zero-order valence-corrected chi connectivity index (χ0v) is 14.5. The molecule has 0 aliphatic heterocycles. The van der Waals surface area contributed by atoms with Crippen LogP contribution in [0.1, 0.15) is 33.1 Å². The van der Waals surface area contributed by atoms with E-state index in [1.165, 1.54) is 19.1 Å². The van der Waals surface area contributed by atoms with Crippen molar-refractivity contribution in [3.05, 3.63) is 24.3 Å². The SMILES string of the molecule is CCCCC(CN)NS(=O)(=O)c1ccc(NC(C)=O)cc1.Cl. The average Bonchev–Trinajstić information content (AvgIpc) is 2.43. The number of hydrogen-bond donors (Lipinski definition) is 3. The summed E-state index contributed by atoms with van der Waals surface area (Å²) in [6, 6.07) is 5.77. The fraction of sp³-hybridized carbons (Fsp3) is 0.500. The van der Waals surface area contributed by atoms with Crippen molar-refractivity contribution in [3.8, 4) is 0 Å². The molecule has 0 saturated carbocycles. The van der Waals surface area contributed by atoms with E-state index in [1.807, 2.05) is 6.92 Å². The lowest BCUT2D eigenvalue weighted by Gasteiger charge is -2.16. The number of carbonyl (C=O) groups excluding carboxylic acids is 1. The Kier molecular flexibility index (Phi) is 9.27. The highest BCUT2D eigenvalue weighted by atomic mass is 35.5. The average molecular weight is 350 g/mol. The fourth-order valence-corrected chi connectivity index (χ4v) is 3.17. The van der Waals surface area contributed by atoms with Gasteiger partial charge in [0.1, 0.15) is 0 Å². The molecule has 8 heteroatoms. The van der Waals surface area contributed by atoms with Gasteiger partial charge in [0.05, 0.1) is 4.90 Å². The van der Waals surface area contributed by atoms with Crippen LogP contribution in [0.15, 0.2) is 29.2 Å². The molecule has 0 aliphatic rings. The van der Waals surface area contributed by atoms with E-state index in [4.69, 9.17) is 5.73 Å². The summed E-state index contributed by atoms with van der Waals surface area (Å²) in [7, 11) is -3.59. The predicted molar refractivity (Wildman–Crippen MR) is 90.7 cm³/mol. The first kappa shape index (κ1) is 20.9. The molecule has 1 amide bonds. The number of unbranched alkanes of at least 4 members (excludes halogenated alkanes) is 1. The quantitative estimate of drug-likeness (QED) is 0.666. The van der Waals surface area contributed by atoms with Gasteiger partial charge in [-0.2, -0.15) is 0 Å². The lowest BCUT2D eigenvalue weighted by Crippen LogP contribution is -2.40. The Bertz CT molecular complexity index is 561. The number of hydrogen-bond acceptors (Lipinski definition) is 4. The lowest BCUT2D eigenvalue weighted by molar-refractivity contribution is -0.114. The molecule has 1 aromatic carbocycles. The van der Waals surface area contributed by atoms with Crippen LogP contribution in [0.2, 0.25) is 0 Å². The van der Waals surface area contributed by atoms with Gasteiger partial charge in [-0.3, -0.25) is 4.79 Å². The van der Waals surface area contributed by atoms with E-state index in [0.717, 1.165) is 19.3 Å². The molecule has 1 atom stereocenters. The highest BCUT2D eigenvalue weighted by molar-refractivity contribution is 7.89. The van der Waals surface area contributed by atoms with Crippen LogP contribution in [-0.2, 0) is 14.8 Å². The Morgan fingerprint density at radius 1 is 1.27 bits per heavy atom. The van der Waals surface area contributed by atoms with Crippen LogP contribution in [0.3, 0.4) is 0 Å². The molecule has 22 heavy (non-hydrogen) atoms. The number of benzene rings is 1. The molecule has 0 aromatic heterocycles. The molecule has 0 spiro atoms. The molecule has 0 heterocycles. The minimum Gasteiger partial charge on any atom is -0.329 e. The van der Waals surface area contributed by atoms with Crippen LogP contribution in [0, 0.1) is 0 Å². The van der Waals surface area contributed by atoms with Gasteiger partial charge in [0.25, 0.3) is 0 Å². The standard InChI is InChI=1S/C14H23N3O3S.ClH/c1-3-4-5-13(10-15)17-21(19,20)14-8-6-12(7-9-14)16-11(2)18;/h6-9,13,17H,3-5,10,15H2,1-2H3,(H,16,18);1H. The van der Waals surface area contributed by atoms with E-state index < -0.39 is 10.0 Å². The first-order valence-electron chi connectivity index (χ1n) is 6.99. The Morgan fingerprint density at radius 3 is 2.32 bits per heavy atom. The third-order valence-electron chi connectivity index (χ3n) is 3.00. The molecule has 1 rings (SSSR count). The van der Waals surface area contributed by atoms with Gasteiger partial charge in [0.15, 0.2) is 0 Å². The molecule has 0 bridgehead atoms. The maximum Gasteiger partial charge on any atom is 0.240 e. The molecule has 1 unspecified atom stereocenters. The van der Waals surface area contributed by atoms with Gasteiger partial charge in [0.2, 0.25) is 15.9 Å². The number of carbonyl (C=O) groups is 1. The van der Waals surface area contributed by atoms with Crippen molar-refractivity contribution in [1.82, 2.24) is 4.72 Å². The van der Waals surface area contributed by atoms with E-state index >= 15 is 0 Å². The third kappa shape index (κ3) is 6.74. The monoisotopic (exact) mass is 349 g/mol. The Morgan fingerprint density at radius 2 is 1.86 bits per heavy atom. The highest BCUT2D eigenvalue weighted by Crippen LogP contribution is 2.15. The second-order valence-electron chi connectivity index (χ2n) is 4.90. The molecular formula is C14H24ClN3O3S. The van der Waals surface area contributed by atoms with E-state index in [9.17, 15) is 13.2 Å². The first-order valence-corrected chi connectivity index (χ1v) is 8.47. The summed E-state index contributed by atoms with van der Waals surface area (Å²) in [5.74, 6) is -0.202. The van der Waals surface area contributed by atoms with E-state index in [-0.39, 0.29) is 35.8 Å². The highest BCUT2D eigenvalue weighted by Gasteiger charge is 2.18. The summed E-state index contributed by atoms with van der Waals surface area (Å²) in [5, 5.41) is 2.59. The van der Waals surface area contributed by atoms with Crippen LogP contribution in [0.25, 0.3) is 0 Å². The maximum absolute atomic E-state index is 12.2. The van der Waals surface area contributed by atoms with Gasteiger partial charge < -0.3 is 11.1 Å². The van der Waals surface area contributed by atoms with Crippen molar-refractivity contribution in [2.75, 3.05) is 11.9 Å². The first-order chi connectivity index (χ1) is 9.89. The number of halogens is 1. The molecule has 0 radical (unpaired) electrons. The molecule has 0 aliphatic carbocycles. The van der Waals surface area contributed by atoms with Crippen LogP contribution < -0.4 is 15.8 Å². The number of nitrogens with one attached hydrogen (secondary N) is 2. The fourth-order valence-electron chi connectivity index (χ4n) is 1.88. The normalized spacial score (nSPS) is 12.3. The van der Waals surface area contributed by atoms with E-state index in [0.29, 0.717) is 5.69 Å². The van der Waals surface area contributed by atoms with Crippen molar-refractivity contribution in [1.29, 1.82) is 0 Å². The summed E-state index contributed by atoms with van der Waals surface area (Å²) in [4.78, 5) is 11.1. The van der Waals surface area contributed by atoms with E-state index in [2.05, 4.69) is 10.0 Å². The van der Waals surface area contributed by atoms with Gasteiger partial charge >= 0.3 is 0 Å². The zero-order valence-electron chi connectivity index (χ0n) is 12.8. The summed E-state index contributed by atoms with van der Waals surface area (Å²) < 4.78 is 27.1.